The molecular weight excluding hydrogens is 444 g/mol. The van der Waals surface area contributed by atoms with E-state index in [1.807, 2.05) is 6.20 Å². The maximum Gasteiger partial charge on any atom is 0.340 e. The van der Waals surface area contributed by atoms with Crippen molar-refractivity contribution < 1.29 is 19.1 Å². The van der Waals surface area contributed by atoms with Crippen LogP contribution >= 0.6 is 0 Å². The Morgan fingerprint density at radius 2 is 2.00 bits per heavy atom. The van der Waals surface area contributed by atoms with Crippen LogP contribution in [-0.4, -0.2) is 58.9 Å². The molecule has 0 unspecified atom stereocenters. The van der Waals surface area contributed by atoms with Crippen LogP contribution < -0.4 is 5.32 Å². The molecule has 3 heterocycles. The molecule has 35 heavy (non-hydrogen) atoms. The maximum absolute atomic E-state index is 13.3. The highest BCUT2D eigenvalue weighted by Crippen LogP contribution is 2.24. The predicted molar refractivity (Wildman–Crippen MR) is 135 cm³/mol. The van der Waals surface area contributed by atoms with Gasteiger partial charge < -0.3 is 24.9 Å². The first-order valence-corrected chi connectivity index (χ1v) is 12.3. The van der Waals surface area contributed by atoms with Gasteiger partial charge in [0.15, 0.2) is 0 Å². The van der Waals surface area contributed by atoms with E-state index in [1.54, 1.807) is 25.7 Å². The van der Waals surface area contributed by atoms with Crippen LogP contribution in [0, 0.1) is 26.7 Å². The average Bonchev–Trinajstić information content (AvgIpc) is 3.38. The van der Waals surface area contributed by atoms with E-state index in [-0.39, 0.29) is 24.3 Å². The lowest BCUT2D eigenvalue weighted by atomic mass is 9.96. The van der Waals surface area contributed by atoms with Gasteiger partial charge in [0.25, 0.3) is 5.91 Å². The summed E-state index contributed by atoms with van der Waals surface area (Å²) in [5, 5.41) is 4.25. The first-order valence-electron chi connectivity index (χ1n) is 12.3. The van der Waals surface area contributed by atoms with Crippen LogP contribution in [0.1, 0.15) is 63.0 Å². The highest BCUT2D eigenvalue weighted by molar-refractivity contribution is 6.00. The van der Waals surface area contributed by atoms with Crippen molar-refractivity contribution in [2.75, 3.05) is 26.2 Å². The minimum Gasteiger partial charge on any atom is -0.462 e. The van der Waals surface area contributed by atoms with Crippen molar-refractivity contribution in [3.63, 3.8) is 0 Å². The predicted octanol–water partition coefficient (Wildman–Crippen LogP) is 3.81. The fraction of sp³-hybridized carbons (Fsp3) is 0.444. The number of rotatable bonds is 7. The summed E-state index contributed by atoms with van der Waals surface area (Å²) in [7, 11) is 0. The third-order valence-electron chi connectivity index (χ3n) is 6.83. The number of nitrogens with one attached hydrogen (secondary N) is 3. The molecule has 0 spiro atoms. The number of benzene rings is 1. The Labute approximate surface area is 205 Å². The molecule has 0 saturated carbocycles. The van der Waals surface area contributed by atoms with Gasteiger partial charge in [-0.25, -0.2) is 4.79 Å². The lowest BCUT2D eigenvalue weighted by Crippen LogP contribution is -2.46. The number of carbonyl (C=O) groups is 3. The van der Waals surface area contributed by atoms with Crippen molar-refractivity contribution in [3.05, 3.63) is 58.0 Å². The lowest BCUT2D eigenvalue weighted by Gasteiger charge is -2.32. The summed E-state index contributed by atoms with van der Waals surface area (Å²) in [6.07, 6.45) is 4.25. The van der Waals surface area contributed by atoms with Gasteiger partial charge in [-0.1, -0.05) is 11.6 Å². The van der Waals surface area contributed by atoms with E-state index in [9.17, 15) is 14.4 Å². The normalized spacial score (nSPS) is 15.9. The van der Waals surface area contributed by atoms with E-state index in [0.717, 1.165) is 24.8 Å². The molecule has 1 aliphatic rings. The van der Waals surface area contributed by atoms with Crippen LogP contribution in [0.5, 0.6) is 0 Å². The van der Waals surface area contributed by atoms with Gasteiger partial charge >= 0.3 is 5.97 Å². The Balaban J connectivity index is 1.36. The fourth-order valence-electron chi connectivity index (χ4n) is 4.97. The summed E-state index contributed by atoms with van der Waals surface area (Å²) in [6.45, 7) is 9.11. The number of nitrogens with zero attached hydrogens (tertiary/aromatic N) is 1. The molecule has 1 aliphatic heterocycles. The van der Waals surface area contributed by atoms with Crippen molar-refractivity contribution in [2.24, 2.45) is 5.92 Å². The number of likely N-dealkylation sites (tertiary alicyclic amines) is 1. The lowest BCUT2D eigenvalue weighted by molar-refractivity contribution is -0.126. The number of aromatic nitrogens is 2. The zero-order valence-corrected chi connectivity index (χ0v) is 20.9. The van der Waals surface area contributed by atoms with E-state index in [0.29, 0.717) is 42.1 Å². The third kappa shape index (κ3) is 5.11. The summed E-state index contributed by atoms with van der Waals surface area (Å²) in [5.74, 6) is -0.893. The molecule has 186 valence electrons. The first kappa shape index (κ1) is 24.6. The molecule has 3 N–H and O–H groups in total. The number of amides is 2. The molecule has 1 saturated heterocycles. The number of fused-ring (bicyclic) bond motifs is 1. The van der Waals surface area contributed by atoms with Gasteiger partial charge in [0.05, 0.1) is 18.1 Å². The summed E-state index contributed by atoms with van der Waals surface area (Å²) >= 11 is 0. The Morgan fingerprint density at radius 1 is 1.20 bits per heavy atom. The van der Waals surface area contributed by atoms with Crippen LogP contribution in [-0.2, 0) is 16.0 Å². The van der Waals surface area contributed by atoms with E-state index < -0.39 is 5.97 Å². The van der Waals surface area contributed by atoms with Gasteiger partial charge in [-0.15, -0.1) is 0 Å². The Morgan fingerprint density at radius 3 is 2.77 bits per heavy atom. The van der Waals surface area contributed by atoms with Crippen LogP contribution in [0.15, 0.2) is 24.4 Å². The van der Waals surface area contributed by atoms with E-state index in [1.165, 1.54) is 16.5 Å². The molecule has 2 aromatic heterocycles. The number of H-pyrrole nitrogens is 2. The van der Waals surface area contributed by atoms with Crippen LogP contribution in [0.3, 0.4) is 0 Å². The molecule has 1 atom stereocenters. The van der Waals surface area contributed by atoms with E-state index >= 15 is 0 Å². The molecular formula is C27H34N4O4. The second kappa shape index (κ2) is 10.4. The second-order valence-corrected chi connectivity index (χ2v) is 9.34. The van der Waals surface area contributed by atoms with Crippen LogP contribution in [0.25, 0.3) is 10.9 Å². The molecule has 1 aromatic carbocycles. The molecule has 0 radical (unpaired) electrons. The fourth-order valence-corrected chi connectivity index (χ4v) is 4.97. The molecule has 2 amide bonds. The summed E-state index contributed by atoms with van der Waals surface area (Å²) in [5.41, 5.74) is 5.49. The second-order valence-electron chi connectivity index (χ2n) is 9.34. The number of carbonyl (C=O) groups excluding carboxylic acids is 3. The smallest absolute Gasteiger partial charge is 0.340 e. The number of hydrogen-bond acceptors (Lipinski definition) is 4. The van der Waals surface area contributed by atoms with Crippen molar-refractivity contribution in [3.8, 4) is 0 Å². The van der Waals surface area contributed by atoms with Gasteiger partial charge in [-0.2, -0.15) is 0 Å². The summed E-state index contributed by atoms with van der Waals surface area (Å²) in [4.78, 5) is 46.5. The van der Waals surface area contributed by atoms with Gasteiger partial charge in [0.1, 0.15) is 5.69 Å². The average molecular weight is 479 g/mol. The minimum absolute atomic E-state index is 0.0230. The Kier molecular flexibility index (Phi) is 7.28. The Bertz CT molecular complexity index is 1260. The zero-order valence-electron chi connectivity index (χ0n) is 20.9. The first-order chi connectivity index (χ1) is 16.8. The molecule has 8 heteroatoms. The summed E-state index contributed by atoms with van der Waals surface area (Å²) < 4.78 is 5.13. The van der Waals surface area contributed by atoms with Gasteiger partial charge in [-0.05, 0) is 70.2 Å². The number of piperidine rings is 1. The van der Waals surface area contributed by atoms with Crippen LogP contribution in [0.2, 0.25) is 0 Å². The van der Waals surface area contributed by atoms with E-state index in [2.05, 4.69) is 40.4 Å². The SMILES string of the molecule is CCOC(=O)c1c(C)[nH]c(C(=O)N2CCC[C@H](C(=O)NCCc3c[nH]c4ccc(C)cc34)C2)c1C. The van der Waals surface area contributed by atoms with Gasteiger partial charge in [0.2, 0.25) is 5.91 Å². The number of aryl methyl sites for hydroxylation is 2. The third-order valence-corrected chi connectivity index (χ3v) is 6.83. The van der Waals surface area contributed by atoms with Crippen molar-refractivity contribution in [1.82, 2.24) is 20.2 Å². The topological polar surface area (TPSA) is 107 Å². The van der Waals surface area contributed by atoms with Gasteiger partial charge in [-0.3, -0.25) is 9.59 Å². The molecule has 0 aliphatic carbocycles. The largest absolute Gasteiger partial charge is 0.462 e. The Hall–Kier alpha value is -3.55. The quantitative estimate of drug-likeness (QED) is 0.449. The standard InChI is InChI=1S/C27H34N4O4/c1-5-35-27(34)23-17(3)24(30-18(23)4)26(33)31-12-6-7-20(15-31)25(32)28-11-10-19-14-29-22-9-8-16(2)13-21(19)22/h8-9,13-14,20,29-30H,5-7,10-12,15H2,1-4H3,(H,28,32)/t20-/m0/s1. The molecule has 3 aromatic rings. The maximum atomic E-state index is 13.3. The minimum atomic E-state index is -0.431. The van der Waals surface area contributed by atoms with Gasteiger partial charge in [0, 0.05) is 42.4 Å². The molecule has 0 bridgehead atoms. The van der Waals surface area contributed by atoms with Crippen molar-refractivity contribution in [2.45, 2.75) is 47.0 Å². The molecule has 8 nitrogen and oxygen atoms in total. The number of ether oxygens (including phenoxy) is 1. The monoisotopic (exact) mass is 478 g/mol. The number of esters is 1. The highest BCUT2D eigenvalue weighted by Gasteiger charge is 2.31. The number of hydrogen-bond donors (Lipinski definition) is 3. The molecule has 4 rings (SSSR count). The van der Waals surface area contributed by atoms with Crippen molar-refractivity contribution in [1.29, 1.82) is 0 Å². The van der Waals surface area contributed by atoms with Crippen molar-refractivity contribution >= 4 is 28.7 Å². The highest BCUT2D eigenvalue weighted by atomic mass is 16.5. The zero-order chi connectivity index (χ0) is 25.1. The molecule has 1 fully saturated rings. The van der Waals surface area contributed by atoms with E-state index in [4.69, 9.17) is 4.74 Å². The van der Waals surface area contributed by atoms with Crippen LogP contribution in [0.4, 0.5) is 0 Å². The number of aromatic amines is 2. The summed E-state index contributed by atoms with van der Waals surface area (Å²) in [6, 6.07) is 6.31.